The normalized spacial score (nSPS) is 17.0. The zero-order valence-corrected chi connectivity index (χ0v) is 14.6. The first kappa shape index (κ1) is 15.9. The van der Waals surface area contributed by atoms with E-state index >= 15 is 0 Å². The highest BCUT2D eigenvalue weighted by atomic mass is 16.2. The highest BCUT2D eigenvalue weighted by Gasteiger charge is 2.29. The summed E-state index contributed by atoms with van der Waals surface area (Å²) in [5.41, 5.74) is 6.05. The Labute approximate surface area is 148 Å². The molecule has 2 fully saturated rings. The fourth-order valence-corrected chi connectivity index (χ4v) is 3.37. The standard InChI is InChI=1S/C21H23N3O/c1-14-8-10-24(13-14)19-6-5-17(11-15(19)2)18-7-9-22-20(12-18)23-21(25)16-3-4-16/h5-7,9,11-12,16H,1,3-4,8,10,13H2,2H3,(H,22,23,25). The van der Waals surface area contributed by atoms with Gasteiger partial charge < -0.3 is 10.2 Å². The van der Waals surface area contributed by atoms with E-state index in [0.717, 1.165) is 43.5 Å². The fraction of sp³-hybridized carbons (Fsp3) is 0.333. The summed E-state index contributed by atoms with van der Waals surface area (Å²) >= 11 is 0. The summed E-state index contributed by atoms with van der Waals surface area (Å²) in [6, 6.07) is 10.5. The summed E-state index contributed by atoms with van der Waals surface area (Å²) in [5.74, 6) is 0.902. The van der Waals surface area contributed by atoms with E-state index in [4.69, 9.17) is 0 Å². The van der Waals surface area contributed by atoms with Gasteiger partial charge in [-0.1, -0.05) is 18.2 Å². The maximum atomic E-state index is 11.9. The van der Waals surface area contributed by atoms with Gasteiger partial charge in [0.15, 0.2) is 0 Å². The third kappa shape index (κ3) is 3.43. The van der Waals surface area contributed by atoms with Crippen LogP contribution in [0.1, 0.15) is 24.8 Å². The number of pyridine rings is 1. The fourth-order valence-electron chi connectivity index (χ4n) is 3.37. The van der Waals surface area contributed by atoms with Gasteiger partial charge in [-0.2, -0.15) is 0 Å². The van der Waals surface area contributed by atoms with Gasteiger partial charge in [-0.25, -0.2) is 4.98 Å². The van der Waals surface area contributed by atoms with E-state index in [9.17, 15) is 4.79 Å². The van der Waals surface area contributed by atoms with Crippen molar-refractivity contribution in [1.82, 2.24) is 4.98 Å². The van der Waals surface area contributed by atoms with Gasteiger partial charge in [0.1, 0.15) is 5.82 Å². The molecule has 2 aliphatic rings. The topological polar surface area (TPSA) is 45.2 Å². The smallest absolute Gasteiger partial charge is 0.228 e. The van der Waals surface area contributed by atoms with Crippen molar-refractivity contribution in [2.45, 2.75) is 26.2 Å². The van der Waals surface area contributed by atoms with E-state index in [-0.39, 0.29) is 11.8 Å². The van der Waals surface area contributed by atoms with Gasteiger partial charge in [-0.3, -0.25) is 4.79 Å². The van der Waals surface area contributed by atoms with Crippen LogP contribution in [0.3, 0.4) is 0 Å². The van der Waals surface area contributed by atoms with E-state index in [0.29, 0.717) is 5.82 Å². The Morgan fingerprint density at radius 2 is 2.04 bits per heavy atom. The molecule has 4 rings (SSSR count). The van der Waals surface area contributed by atoms with E-state index < -0.39 is 0 Å². The lowest BCUT2D eigenvalue weighted by Gasteiger charge is -2.20. The molecule has 1 aromatic heterocycles. The van der Waals surface area contributed by atoms with Gasteiger partial charge in [0, 0.05) is 30.9 Å². The Morgan fingerprint density at radius 1 is 1.24 bits per heavy atom. The van der Waals surface area contributed by atoms with Crippen molar-refractivity contribution in [3.05, 3.63) is 54.2 Å². The average Bonchev–Trinajstić information content (AvgIpc) is 3.37. The first-order valence-corrected chi connectivity index (χ1v) is 8.90. The SMILES string of the molecule is C=C1CCN(c2ccc(-c3ccnc(NC(=O)C4CC4)c3)cc2C)C1. The van der Waals surface area contributed by atoms with E-state index in [1.165, 1.54) is 16.8 Å². The average molecular weight is 333 g/mol. The molecular weight excluding hydrogens is 310 g/mol. The summed E-state index contributed by atoms with van der Waals surface area (Å²) in [4.78, 5) is 18.6. The van der Waals surface area contributed by atoms with Crippen LogP contribution in [0, 0.1) is 12.8 Å². The number of hydrogen-bond acceptors (Lipinski definition) is 3. The Balaban J connectivity index is 1.56. The summed E-state index contributed by atoms with van der Waals surface area (Å²) in [7, 11) is 0. The van der Waals surface area contributed by atoms with Crippen LogP contribution in [-0.4, -0.2) is 24.0 Å². The van der Waals surface area contributed by atoms with Crippen molar-refractivity contribution < 1.29 is 4.79 Å². The van der Waals surface area contributed by atoms with Crippen LogP contribution in [0.25, 0.3) is 11.1 Å². The molecule has 25 heavy (non-hydrogen) atoms. The van der Waals surface area contributed by atoms with Gasteiger partial charge in [-0.05, 0) is 67.1 Å². The number of rotatable bonds is 4. The molecule has 1 saturated carbocycles. The minimum atomic E-state index is 0.0884. The van der Waals surface area contributed by atoms with Gasteiger partial charge in [0.2, 0.25) is 5.91 Å². The van der Waals surface area contributed by atoms with Crippen molar-refractivity contribution in [3.8, 4) is 11.1 Å². The molecule has 1 amide bonds. The Bertz CT molecular complexity index is 839. The number of aromatic nitrogens is 1. The van der Waals surface area contributed by atoms with Crippen molar-refractivity contribution >= 4 is 17.4 Å². The number of carbonyl (C=O) groups excluding carboxylic acids is 1. The van der Waals surface area contributed by atoms with Crippen LogP contribution in [0.2, 0.25) is 0 Å². The molecule has 0 unspecified atom stereocenters. The molecule has 1 saturated heterocycles. The predicted molar refractivity (Wildman–Crippen MR) is 102 cm³/mol. The molecule has 4 heteroatoms. The third-order valence-corrected chi connectivity index (χ3v) is 4.98. The number of nitrogens with one attached hydrogen (secondary N) is 1. The number of hydrogen-bond donors (Lipinski definition) is 1. The summed E-state index contributed by atoms with van der Waals surface area (Å²) in [6.45, 7) is 8.24. The van der Waals surface area contributed by atoms with Gasteiger partial charge >= 0.3 is 0 Å². The number of benzene rings is 1. The Morgan fingerprint density at radius 3 is 2.72 bits per heavy atom. The van der Waals surface area contributed by atoms with E-state index in [1.807, 2.05) is 12.1 Å². The second kappa shape index (κ2) is 6.36. The molecule has 1 aliphatic heterocycles. The largest absolute Gasteiger partial charge is 0.367 e. The quantitative estimate of drug-likeness (QED) is 0.854. The zero-order chi connectivity index (χ0) is 17.4. The van der Waals surface area contributed by atoms with Crippen molar-refractivity contribution in [2.75, 3.05) is 23.3 Å². The Hall–Kier alpha value is -2.62. The molecule has 0 bridgehead atoms. The molecule has 2 aromatic rings. The molecule has 0 radical (unpaired) electrons. The maximum Gasteiger partial charge on any atom is 0.228 e. The number of amides is 1. The lowest BCUT2D eigenvalue weighted by atomic mass is 10.0. The predicted octanol–water partition coefficient (Wildman–Crippen LogP) is 4.17. The lowest BCUT2D eigenvalue weighted by molar-refractivity contribution is -0.117. The number of carbonyl (C=O) groups is 1. The molecule has 1 aliphatic carbocycles. The van der Waals surface area contributed by atoms with Crippen molar-refractivity contribution in [3.63, 3.8) is 0 Å². The van der Waals surface area contributed by atoms with Crippen LogP contribution in [-0.2, 0) is 4.79 Å². The molecule has 0 spiro atoms. The van der Waals surface area contributed by atoms with E-state index in [1.54, 1.807) is 6.20 Å². The molecule has 2 heterocycles. The van der Waals surface area contributed by atoms with Gasteiger partial charge in [-0.15, -0.1) is 0 Å². The lowest BCUT2D eigenvalue weighted by Crippen LogP contribution is -2.18. The van der Waals surface area contributed by atoms with Crippen molar-refractivity contribution in [2.24, 2.45) is 5.92 Å². The summed E-state index contributed by atoms with van der Waals surface area (Å²) in [5, 5.41) is 2.92. The Kier molecular flexibility index (Phi) is 4.04. The van der Waals surface area contributed by atoms with Gasteiger partial charge in [0.25, 0.3) is 0 Å². The zero-order valence-electron chi connectivity index (χ0n) is 14.6. The second-order valence-corrected chi connectivity index (χ2v) is 7.12. The van der Waals surface area contributed by atoms with Crippen LogP contribution in [0.15, 0.2) is 48.7 Å². The number of nitrogens with zero attached hydrogens (tertiary/aromatic N) is 2. The molecule has 128 valence electrons. The first-order chi connectivity index (χ1) is 12.1. The van der Waals surface area contributed by atoms with E-state index in [2.05, 4.69) is 46.9 Å². The highest BCUT2D eigenvalue weighted by Crippen LogP contribution is 2.32. The molecule has 4 nitrogen and oxygen atoms in total. The third-order valence-electron chi connectivity index (χ3n) is 4.98. The number of anilines is 2. The molecule has 1 aromatic carbocycles. The molecule has 1 N–H and O–H groups in total. The van der Waals surface area contributed by atoms with Crippen LogP contribution in [0.5, 0.6) is 0 Å². The molecular formula is C21H23N3O. The minimum Gasteiger partial charge on any atom is -0.367 e. The van der Waals surface area contributed by atoms with Gasteiger partial charge in [0.05, 0.1) is 0 Å². The summed E-state index contributed by atoms with van der Waals surface area (Å²) in [6.07, 6.45) is 4.82. The second-order valence-electron chi connectivity index (χ2n) is 7.12. The van der Waals surface area contributed by atoms with Crippen LogP contribution in [0.4, 0.5) is 11.5 Å². The first-order valence-electron chi connectivity index (χ1n) is 8.90. The van der Waals surface area contributed by atoms with Crippen LogP contribution < -0.4 is 10.2 Å². The van der Waals surface area contributed by atoms with Crippen LogP contribution >= 0.6 is 0 Å². The summed E-state index contributed by atoms with van der Waals surface area (Å²) < 4.78 is 0. The van der Waals surface area contributed by atoms with Crippen molar-refractivity contribution in [1.29, 1.82) is 0 Å². The minimum absolute atomic E-state index is 0.0884. The maximum absolute atomic E-state index is 11.9. The highest BCUT2D eigenvalue weighted by molar-refractivity contribution is 5.93. The monoisotopic (exact) mass is 333 g/mol. The number of aryl methyl sites for hydroxylation is 1. The molecule has 0 atom stereocenters.